The zero-order valence-electron chi connectivity index (χ0n) is 12.2. The average molecular weight is 299 g/mol. The third-order valence-electron chi connectivity index (χ3n) is 3.23. The quantitative estimate of drug-likeness (QED) is 0.643. The molecule has 5 nitrogen and oxygen atoms in total. The first-order chi connectivity index (χ1) is 9.38. The van der Waals surface area contributed by atoms with E-state index in [4.69, 9.17) is 10.9 Å². The second-order valence-corrected chi connectivity index (χ2v) is 6.60. The largest absolute Gasteiger partial charge is 0.398 e. The minimum Gasteiger partial charge on any atom is -0.398 e. The van der Waals surface area contributed by atoms with Gasteiger partial charge in [-0.15, -0.1) is 0 Å². The molecule has 0 amide bonds. The first-order valence-corrected chi connectivity index (χ1v) is 8.62. The van der Waals surface area contributed by atoms with Crippen molar-refractivity contribution in [1.82, 2.24) is 0 Å². The van der Waals surface area contributed by atoms with E-state index in [1.54, 1.807) is 12.1 Å². The van der Waals surface area contributed by atoms with Gasteiger partial charge in [-0.05, 0) is 31.0 Å². The van der Waals surface area contributed by atoms with E-state index in [-0.39, 0.29) is 10.6 Å². The fourth-order valence-corrected chi connectivity index (χ4v) is 2.87. The van der Waals surface area contributed by atoms with Crippen LogP contribution in [0.4, 0.5) is 11.4 Å². The van der Waals surface area contributed by atoms with Crippen LogP contribution in [0.25, 0.3) is 0 Å². The van der Waals surface area contributed by atoms with Crippen molar-refractivity contribution < 1.29 is 8.42 Å². The molecule has 0 saturated heterocycles. The Morgan fingerprint density at radius 1 is 1.20 bits per heavy atom. The van der Waals surface area contributed by atoms with Crippen LogP contribution >= 0.6 is 0 Å². The third kappa shape index (κ3) is 5.02. The maximum atomic E-state index is 11.3. The molecule has 1 aromatic rings. The van der Waals surface area contributed by atoms with Crippen LogP contribution in [-0.2, 0) is 10.0 Å². The lowest BCUT2D eigenvalue weighted by atomic mass is 10.0. The number of benzene rings is 1. The molecule has 0 bridgehead atoms. The summed E-state index contributed by atoms with van der Waals surface area (Å²) in [6, 6.07) is 5.19. The van der Waals surface area contributed by atoms with Gasteiger partial charge in [-0.2, -0.15) is 0 Å². The second kappa shape index (κ2) is 7.50. The van der Waals surface area contributed by atoms with Gasteiger partial charge in [0.1, 0.15) is 4.90 Å². The predicted molar refractivity (Wildman–Crippen MR) is 84.1 cm³/mol. The molecule has 114 valence electrons. The minimum atomic E-state index is -3.76. The van der Waals surface area contributed by atoms with Gasteiger partial charge in [0.05, 0.1) is 5.69 Å². The molecule has 0 fully saturated rings. The van der Waals surface area contributed by atoms with Gasteiger partial charge in [0.25, 0.3) is 0 Å². The average Bonchev–Trinajstić information content (AvgIpc) is 2.34. The molecule has 1 unspecified atom stereocenters. The fourth-order valence-electron chi connectivity index (χ4n) is 2.22. The van der Waals surface area contributed by atoms with Gasteiger partial charge in [-0.1, -0.05) is 33.1 Å². The van der Waals surface area contributed by atoms with Crippen LogP contribution in [0.1, 0.15) is 46.0 Å². The van der Waals surface area contributed by atoms with Gasteiger partial charge < -0.3 is 11.1 Å². The molecule has 6 heteroatoms. The van der Waals surface area contributed by atoms with E-state index in [1.807, 2.05) is 0 Å². The van der Waals surface area contributed by atoms with E-state index < -0.39 is 10.0 Å². The summed E-state index contributed by atoms with van der Waals surface area (Å²) in [5, 5.41) is 8.51. The highest BCUT2D eigenvalue weighted by atomic mass is 32.2. The molecule has 0 aliphatic carbocycles. The Labute approximate surface area is 121 Å². The predicted octanol–water partition coefficient (Wildman–Crippen LogP) is 2.69. The molecule has 1 rings (SSSR count). The lowest BCUT2D eigenvalue weighted by Gasteiger charge is -2.19. The first-order valence-electron chi connectivity index (χ1n) is 7.07. The molecule has 0 aliphatic rings. The Kier molecular flexibility index (Phi) is 6.29. The number of primary sulfonamides is 1. The number of nitrogens with two attached hydrogens (primary N) is 2. The zero-order valence-corrected chi connectivity index (χ0v) is 13.0. The maximum Gasteiger partial charge on any atom is 0.240 e. The summed E-state index contributed by atoms with van der Waals surface area (Å²) in [7, 11) is -3.76. The van der Waals surface area contributed by atoms with Gasteiger partial charge in [0.2, 0.25) is 10.0 Å². The van der Waals surface area contributed by atoms with Crippen molar-refractivity contribution in [1.29, 1.82) is 0 Å². The van der Waals surface area contributed by atoms with E-state index in [1.165, 1.54) is 12.5 Å². The van der Waals surface area contributed by atoms with Gasteiger partial charge in [-0.3, -0.25) is 0 Å². The Hall–Kier alpha value is -1.27. The summed E-state index contributed by atoms with van der Waals surface area (Å²) in [6.07, 6.45) is 5.61. The normalized spacial score (nSPS) is 13.2. The van der Waals surface area contributed by atoms with Crippen LogP contribution < -0.4 is 16.2 Å². The highest BCUT2D eigenvalue weighted by molar-refractivity contribution is 7.89. The Bertz CT molecular complexity index is 529. The Balaban J connectivity index is 2.84. The molecule has 0 radical (unpaired) electrons. The van der Waals surface area contributed by atoms with Crippen LogP contribution in [0.15, 0.2) is 23.1 Å². The maximum absolute atomic E-state index is 11.3. The van der Waals surface area contributed by atoms with Crippen molar-refractivity contribution in [2.75, 3.05) is 11.1 Å². The number of sulfonamides is 1. The van der Waals surface area contributed by atoms with E-state index >= 15 is 0 Å². The van der Waals surface area contributed by atoms with Crippen molar-refractivity contribution in [3.8, 4) is 0 Å². The Morgan fingerprint density at radius 2 is 1.90 bits per heavy atom. The van der Waals surface area contributed by atoms with Crippen molar-refractivity contribution in [3.63, 3.8) is 0 Å². The molecule has 1 atom stereocenters. The van der Waals surface area contributed by atoms with Crippen molar-refractivity contribution in [3.05, 3.63) is 18.2 Å². The number of nitrogens with one attached hydrogen (secondary N) is 1. The number of unbranched alkanes of at least 4 members (excludes halogenated alkanes) is 1. The molecule has 0 aliphatic heterocycles. The number of hydrogen-bond acceptors (Lipinski definition) is 4. The fraction of sp³-hybridized carbons (Fsp3) is 0.571. The molecule has 0 heterocycles. The Morgan fingerprint density at radius 3 is 2.40 bits per heavy atom. The first kappa shape index (κ1) is 16.8. The molecule has 5 N–H and O–H groups in total. The number of nitrogen functional groups attached to an aromatic ring is 1. The third-order valence-corrected chi connectivity index (χ3v) is 4.22. The monoisotopic (exact) mass is 299 g/mol. The number of hydrogen-bond donors (Lipinski definition) is 3. The smallest absolute Gasteiger partial charge is 0.240 e. The van der Waals surface area contributed by atoms with Crippen LogP contribution in [0.2, 0.25) is 0 Å². The van der Waals surface area contributed by atoms with Gasteiger partial charge >= 0.3 is 0 Å². The van der Waals surface area contributed by atoms with Crippen LogP contribution in [0.5, 0.6) is 0 Å². The van der Waals surface area contributed by atoms with E-state index in [2.05, 4.69) is 19.2 Å². The summed E-state index contributed by atoms with van der Waals surface area (Å²) in [6.45, 7) is 4.32. The number of rotatable bonds is 8. The molecule has 0 saturated carbocycles. The standard InChI is InChI=1S/C14H25N3O2S/c1-3-5-7-11(6-4-2)17-12-8-9-14(13(15)10-12)20(16,18)19/h8-11,17H,3-7,15H2,1-2H3,(H2,16,18,19). The molecular weight excluding hydrogens is 274 g/mol. The SMILES string of the molecule is CCCCC(CCC)Nc1ccc(S(N)(=O)=O)c(N)c1. The van der Waals surface area contributed by atoms with Crippen LogP contribution in [-0.4, -0.2) is 14.5 Å². The lowest BCUT2D eigenvalue weighted by Crippen LogP contribution is -2.20. The zero-order chi connectivity index (χ0) is 15.2. The van der Waals surface area contributed by atoms with Crippen molar-refractivity contribution in [2.24, 2.45) is 5.14 Å². The highest BCUT2D eigenvalue weighted by Crippen LogP contribution is 2.23. The van der Waals surface area contributed by atoms with E-state index in [9.17, 15) is 8.42 Å². The summed E-state index contributed by atoms with van der Waals surface area (Å²) < 4.78 is 22.6. The van der Waals surface area contributed by atoms with Gasteiger partial charge in [0.15, 0.2) is 0 Å². The van der Waals surface area contributed by atoms with E-state index in [0.717, 1.165) is 31.4 Å². The van der Waals surface area contributed by atoms with Gasteiger partial charge in [0, 0.05) is 11.7 Å². The molecule has 0 aromatic heterocycles. The number of anilines is 2. The summed E-state index contributed by atoms with van der Waals surface area (Å²) in [5.41, 5.74) is 6.78. The molecule has 20 heavy (non-hydrogen) atoms. The summed E-state index contributed by atoms with van der Waals surface area (Å²) >= 11 is 0. The van der Waals surface area contributed by atoms with Crippen molar-refractivity contribution >= 4 is 21.4 Å². The summed E-state index contributed by atoms with van der Waals surface area (Å²) in [4.78, 5) is -0.0244. The van der Waals surface area contributed by atoms with Gasteiger partial charge in [-0.25, -0.2) is 13.6 Å². The lowest BCUT2D eigenvalue weighted by molar-refractivity contribution is 0.564. The topological polar surface area (TPSA) is 98.2 Å². The van der Waals surface area contributed by atoms with Crippen molar-refractivity contribution in [2.45, 2.75) is 56.9 Å². The highest BCUT2D eigenvalue weighted by Gasteiger charge is 2.13. The molecular formula is C14H25N3O2S. The van der Waals surface area contributed by atoms with Crippen LogP contribution in [0.3, 0.4) is 0 Å². The molecule has 1 aromatic carbocycles. The van der Waals surface area contributed by atoms with E-state index in [0.29, 0.717) is 6.04 Å². The van der Waals surface area contributed by atoms with Crippen LogP contribution in [0, 0.1) is 0 Å². The minimum absolute atomic E-state index is 0.0244. The second-order valence-electron chi connectivity index (χ2n) is 5.07. The summed E-state index contributed by atoms with van der Waals surface area (Å²) in [5.74, 6) is 0. The molecule has 0 spiro atoms.